The summed E-state index contributed by atoms with van der Waals surface area (Å²) < 4.78 is 58.7. The van der Waals surface area contributed by atoms with Gasteiger partial charge in [-0.3, -0.25) is 9.17 Å². The Labute approximate surface area is 110 Å². The smallest absolute Gasteiger partial charge is 0.264 e. The Kier molecular flexibility index (Phi) is 7.62. The van der Waals surface area contributed by atoms with Gasteiger partial charge in [-0.05, 0) is 25.0 Å². The third kappa shape index (κ3) is 7.78. The van der Waals surface area contributed by atoms with Gasteiger partial charge in [0.2, 0.25) is 0 Å². The summed E-state index contributed by atoms with van der Waals surface area (Å²) in [4.78, 5) is 3.88. The minimum Gasteiger partial charge on any atom is -0.264 e. The van der Waals surface area contributed by atoms with Crippen molar-refractivity contribution in [2.75, 3.05) is 6.61 Å². The number of aromatic nitrogens is 1. The van der Waals surface area contributed by atoms with Crippen LogP contribution in [-0.4, -0.2) is 25.5 Å². The van der Waals surface area contributed by atoms with Gasteiger partial charge in [-0.1, -0.05) is 19.4 Å². The van der Waals surface area contributed by atoms with Crippen LogP contribution in [0.4, 0.5) is 13.2 Å². The van der Waals surface area contributed by atoms with Crippen LogP contribution in [0.2, 0.25) is 0 Å². The monoisotopic (exact) mass is 299 g/mol. The highest BCUT2D eigenvalue weighted by atomic mass is 32.2. The van der Waals surface area contributed by atoms with Crippen molar-refractivity contribution in [2.45, 2.75) is 32.2 Å². The van der Waals surface area contributed by atoms with E-state index in [0.29, 0.717) is 6.42 Å². The van der Waals surface area contributed by atoms with E-state index in [-0.39, 0.29) is 6.42 Å². The van der Waals surface area contributed by atoms with Gasteiger partial charge in [0.25, 0.3) is 0 Å². The normalized spacial score (nSPS) is 11.6. The molecule has 0 radical (unpaired) electrons. The van der Waals surface area contributed by atoms with Gasteiger partial charge in [-0.2, -0.15) is 21.6 Å². The molecule has 0 spiro atoms. The molecular formula is C11H16F3NO3S. The zero-order valence-electron chi connectivity index (χ0n) is 10.6. The molecule has 0 aliphatic rings. The molecule has 0 saturated heterocycles. The molecule has 0 aromatic carbocycles. The lowest BCUT2D eigenvalue weighted by molar-refractivity contribution is -0.0542. The van der Waals surface area contributed by atoms with Crippen molar-refractivity contribution in [3.63, 3.8) is 0 Å². The fourth-order valence-electron chi connectivity index (χ4n) is 0.828. The fourth-order valence-corrected chi connectivity index (χ4v) is 1.30. The third-order valence-electron chi connectivity index (χ3n) is 1.83. The standard InChI is InChI=1S/C6H7N.C5H9F3O3S/c1-6-3-2-4-7-5-6;1-2-3-4-11-12(9,10)5(6,7)8/h2-5H,1H3;2-4H2,1H3. The first-order valence-electron chi connectivity index (χ1n) is 5.53. The average Bonchev–Trinajstić information content (AvgIpc) is 2.29. The zero-order valence-corrected chi connectivity index (χ0v) is 11.5. The van der Waals surface area contributed by atoms with E-state index in [1.807, 2.05) is 25.3 Å². The van der Waals surface area contributed by atoms with Crippen molar-refractivity contribution in [3.05, 3.63) is 30.1 Å². The van der Waals surface area contributed by atoms with Gasteiger partial charge >= 0.3 is 15.6 Å². The summed E-state index contributed by atoms with van der Waals surface area (Å²) in [6, 6.07) is 3.95. The number of hydrogen-bond donors (Lipinski definition) is 0. The van der Waals surface area contributed by atoms with E-state index in [4.69, 9.17) is 0 Å². The molecule has 19 heavy (non-hydrogen) atoms. The Morgan fingerprint density at radius 3 is 2.32 bits per heavy atom. The Bertz CT molecular complexity index is 446. The lowest BCUT2D eigenvalue weighted by atomic mass is 10.3. The second-order valence-electron chi connectivity index (χ2n) is 3.61. The third-order valence-corrected chi connectivity index (χ3v) is 2.87. The van der Waals surface area contributed by atoms with Gasteiger partial charge in [-0.25, -0.2) is 0 Å². The lowest BCUT2D eigenvalue weighted by Crippen LogP contribution is -2.25. The summed E-state index contributed by atoms with van der Waals surface area (Å²) in [5.41, 5.74) is -4.09. The first kappa shape index (κ1) is 17.8. The highest BCUT2D eigenvalue weighted by molar-refractivity contribution is 7.87. The topological polar surface area (TPSA) is 56.3 Å². The van der Waals surface area contributed by atoms with Crippen LogP contribution < -0.4 is 0 Å². The summed E-state index contributed by atoms with van der Waals surface area (Å²) in [5.74, 6) is 0. The van der Waals surface area contributed by atoms with Crippen LogP contribution in [0.25, 0.3) is 0 Å². The van der Waals surface area contributed by atoms with Crippen LogP contribution in [0.3, 0.4) is 0 Å². The molecule has 0 saturated carbocycles. The number of alkyl halides is 3. The number of aryl methyl sites for hydroxylation is 1. The largest absolute Gasteiger partial charge is 0.523 e. The zero-order chi connectivity index (χ0) is 14.9. The van der Waals surface area contributed by atoms with Crippen LogP contribution in [0.5, 0.6) is 0 Å². The van der Waals surface area contributed by atoms with Gasteiger partial charge in [0.15, 0.2) is 0 Å². The predicted octanol–water partition coefficient (Wildman–Crippen LogP) is 3.04. The van der Waals surface area contributed by atoms with Crippen molar-refractivity contribution >= 4 is 10.1 Å². The molecule has 110 valence electrons. The molecule has 1 rings (SSSR count). The van der Waals surface area contributed by atoms with E-state index in [0.717, 1.165) is 0 Å². The molecule has 0 aliphatic carbocycles. The second kappa shape index (κ2) is 8.11. The molecule has 1 aromatic heterocycles. The highest BCUT2D eigenvalue weighted by Gasteiger charge is 2.47. The maximum atomic E-state index is 11.5. The van der Waals surface area contributed by atoms with E-state index in [2.05, 4.69) is 9.17 Å². The summed E-state index contributed by atoms with van der Waals surface area (Å²) in [5, 5.41) is 0. The summed E-state index contributed by atoms with van der Waals surface area (Å²) in [7, 11) is -5.37. The van der Waals surface area contributed by atoms with Crippen LogP contribution >= 0.6 is 0 Å². The van der Waals surface area contributed by atoms with Gasteiger partial charge < -0.3 is 0 Å². The fraction of sp³-hybridized carbons (Fsp3) is 0.545. The average molecular weight is 299 g/mol. The SMILES string of the molecule is CCCCOS(=O)(=O)C(F)(F)F.Cc1cccnc1. The molecule has 8 heteroatoms. The van der Waals surface area contributed by atoms with E-state index in [1.54, 1.807) is 13.1 Å². The Hall–Kier alpha value is -1.15. The number of halogens is 3. The molecule has 0 fully saturated rings. The molecule has 0 N–H and O–H groups in total. The molecule has 0 atom stereocenters. The van der Waals surface area contributed by atoms with Crippen molar-refractivity contribution in [1.82, 2.24) is 4.98 Å². The van der Waals surface area contributed by atoms with Gasteiger partial charge in [-0.15, -0.1) is 0 Å². The molecule has 4 nitrogen and oxygen atoms in total. The van der Waals surface area contributed by atoms with E-state index in [9.17, 15) is 21.6 Å². The highest BCUT2D eigenvalue weighted by Crippen LogP contribution is 2.24. The summed E-state index contributed by atoms with van der Waals surface area (Å²) in [6.45, 7) is 3.31. The number of hydrogen-bond acceptors (Lipinski definition) is 4. The Morgan fingerprint density at radius 1 is 1.37 bits per heavy atom. The lowest BCUT2D eigenvalue weighted by Gasteiger charge is -2.06. The van der Waals surface area contributed by atoms with Gasteiger partial charge in [0.1, 0.15) is 0 Å². The van der Waals surface area contributed by atoms with Crippen LogP contribution in [0.15, 0.2) is 24.5 Å². The van der Waals surface area contributed by atoms with Crippen molar-refractivity contribution < 1.29 is 25.8 Å². The summed E-state index contributed by atoms with van der Waals surface area (Å²) >= 11 is 0. The minimum absolute atomic E-state index is 0.287. The maximum absolute atomic E-state index is 11.5. The first-order chi connectivity index (χ1) is 8.70. The second-order valence-corrected chi connectivity index (χ2v) is 5.21. The molecule has 0 bridgehead atoms. The quantitative estimate of drug-likeness (QED) is 0.487. The van der Waals surface area contributed by atoms with Gasteiger partial charge in [0.05, 0.1) is 6.61 Å². The molecule has 1 aromatic rings. The van der Waals surface area contributed by atoms with Crippen LogP contribution in [0.1, 0.15) is 25.3 Å². The first-order valence-corrected chi connectivity index (χ1v) is 6.94. The van der Waals surface area contributed by atoms with Crippen LogP contribution in [0, 0.1) is 6.92 Å². The van der Waals surface area contributed by atoms with Gasteiger partial charge in [0, 0.05) is 12.4 Å². The molecule has 1 heterocycles. The van der Waals surface area contributed by atoms with E-state index in [1.165, 1.54) is 5.56 Å². The Morgan fingerprint density at radius 2 is 2.00 bits per heavy atom. The molecule has 0 amide bonds. The van der Waals surface area contributed by atoms with Crippen molar-refractivity contribution in [2.24, 2.45) is 0 Å². The molecule has 0 unspecified atom stereocenters. The predicted molar refractivity (Wildman–Crippen MR) is 64.8 cm³/mol. The van der Waals surface area contributed by atoms with E-state index >= 15 is 0 Å². The van der Waals surface area contributed by atoms with Crippen molar-refractivity contribution in [1.29, 1.82) is 0 Å². The molecule has 0 aliphatic heterocycles. The minimum atomic E-state index is -5.37. The Balaban J connectivity index is 0.000000388. The van der Waals surface area contributed by atoms with Crippen LogP contribution in [-0.2, 0) is 14.3 Å². The summed E-state index contributed by atoms with van der Waals surface area (Å²) in [6.07, 6.45) is 4.47. The number of pyridine rings is 1. The number of rotatable bonds is 4. The van der Waals surface area contributed by atoms with E-state index < -0.39 is 22.2 Å². The van der Waals surface area contributed by atoms with Crippen molar-refractivity contribution in [3.8, 4) is 0 Å². The number of unbranched alkanes of at least 4 members (excludes halogenated alkanes) is 1. The maximum Gasteiger partial charge on any atom is 0.523 e. The number of nitrogens with zero attached hydrogens (tertiary/aromatic N) is 1. The molecular weight excluding hydrogens is 283 g/mol.